The molecule has 0 bridgehead atoms. The monoisotopic (exact) mass is 371 g/mol. The molecule has 0 rings (SSSR count). The van der Waals surface area contributed by atoms with E-state index in [9.17, 15) is 0 Å². The van der Waals surface area contributed by atoms with Gasteiger partial charge in [0.15, 0.2) is 0 Å². The Labute approximate surface area is 48.6 Å². The van der Waals surface area contributed by atoms with Crippen LogP contribution in [0.25, 0.3) is 0 Å². The molecule has 0 unspecified atom stereocenters. The van der Waals surface area contributed by atoms with Gasteiger partial charge in [-0.15, -0.1) is 0 Å². The van der Waals surface area contributed by atoms with Crippen LogP contribution in [0, 0.1) is 19.9 Å². The third-order valence-corrected chi connectivity index (χ3v) is 0. The quantitative estimate of drug-likeness (QED) is 0.613. The van der Waals surface area contributed by atoms with Gasteiger partial charge >= 0.3 is 49.5 Å². The Morgan fingerprint density at radius 3 is 0.800 bits per heavy atom. The molecule has 0 radical (unpaired) electrons. The van der Waals surface area contributed by atoms with Gasteiger partial charge in [-0.3, -0.25) is 0 Å². The van der Waals surface area contributed by atoms with E-state index in [-0.39, 0.29) is 0 Å². The Morgan fingerprint density at radius 1 is 0.800 bits per heavy atom. The first-order valence-electron chi connectivity index (χ1n) is 0.873. The van der Waals surface area contributed by atoms with E-state index < -0.39 is 19.9 Å². The zero-order valence-corrected chi connectivity index (χ0v) is 9.92. The van der Waals surface area contributed by atoms with E-state index in [4.69, 9.17) is 29.6 Å². The maximum atomic E-state index is 5.06. The Bertz CT molecular complexity index is 19.1. The molecule has 31 valence electrons. The molecule has 0 aromatic carbocycles. The molecule has 0 saturated carbocycles. The Balaban J connectivity index is 3.02. The van der Waals surface area contributed by atoms with Gasteiger partial charge in [-0.25, -0.2) is 0 Å². The first-order valence-corrected chi connectivity index (χ1v) is 24.4. The molecule has 0 N–H and O–H groups in total. The van der Waals surface area contributed by atoms with Crippen molar-refractivity contribution in [3.63, 3.8) is 0 Å². The van der Waals surface area contributed by atoms with Gasteiger partial charge in [-0.1, -0.05) is 0 Å². The average molecular weight is 373 g/mol. The second-order valence-electron chi connectivity index (χ2n) is 0.495. The Kier molecular flexibility index (Phi) is 3.67. The van der Waals surface area contributed by atoms with Gasteiger partial charge < -0.3 is 0 Å². The summed E-state index contributed by atoms with van der Waals surface area (Å²) in [6, 6.07) is 0. The molecule has 0 aromatic rings. The van der Waals surface area contributed by atoms with Crippen LogP contribution in [0.1, 0.15) is 0 Å². The fourth-order valence-electron chi connectivity index (χ4n) is 0. The zero-order valence-electron chi connectivity index (χ0n) is 2.09. The molecule has 0 amide bonds. The molecule has 0 aliphatic heterocycles. The average Bonchev–Trinajstić information content (AvgIpc) is 0.722. The van der Waals surface area contributed by atoms with Crippen LogP contribution in [0.15, 0.2) is 0 Å². The number of rotatable bonds is 0. The van der Waals surface area contributed by atoms with Crippen molar-refractivity contribution in [1.29, 1.82) is 0 Å². The van der Waals surface area contributed by atoms with E-state index >= 15 is 0 Å². The Hall–Kier alpha value is 2.25. The van der Waals surface area contributed by atoms with E-state index in [1.807, 2.05) is 0 Å². The van der Waals surface area contributed by atoms with Crippen LogP contribution in [-0.4, -0.2) is 0 Å². The molecule has 0 atom stereocenters. The minimum atomic E-state index is -3.49. The summed E-state index contributed by atoms with van der Waals surface area (Å²) in [6.07, 6.45) is 0. The van der Waals surface area contributed by atoms with Crippen molar-refractivity contribution in [1.82, 2.24) is 0 Å². The van der Waals surface area contributed by atoms with Crippen LogP contribution in [-0.2, 0) is 0 Å². The molecule has 0 saturated heterocycles. The summed E-state index contributed by atoms with van der Waals surface area (Å²) < 4.78 is 0. The molecule has 5 heavy (non-hydrogen) atoms. The van der Waals surface area contributed by atoms with Crippen molar-refractivity contribution in [2.45, 2.75) is 0 Å². The SMILES string of the molecule is [Cl][Pa]([Cl])([Cl])[Cl]. The second kappa shape index (κ2) is 2.53. The van der Waals surface area contributed by atoms with Crippen LogP contribution in [0.2, 0.25) is 0 Å². The van der Waals surface area contributed by atoms with Gasteiger partial charge in [0.2, 0.25) is 0 Å². The van der Waals surface area contributed by atoms with E-state index in [1.54, 1.807) is 0 Å². The van der Waals surface area contributed by atoms with E-state index in [2.05, 4.69) is 0 Å². The molecule has 0 aliphatic carbocycles. The fraction of sp³-hybridized carbons (Fsp3) is 0. The van der Waals surface area contributed by atoms with Crippen LogP contribution in [0.4, 0.5) is 0 Å². The summed E-state index contributed by atoms with van der Waals surface area (Å²) in [5, 5.41) is 0. The molecule has 0 nitrogen and oxygen atoms in total. The first kappa shape index (κ1) is 7.25. The summed E-state index contributed by atoms with van der Waals surface area (Å²) in [4.78, 5) is 0. The van der Waals surface area contributed by atoms with Crippen LogP contribution in [0.5, 0.6) is 0 Å². The number of hydrogen-bond donors (Lipinski definition) is 0. The fourth-order valence-corrected chi connectivity index (χ4v) is 0. The molecular formula is Cl4Pa. The molecule has 0 fully saturated rings. The Morgan fingerprint density at radius 2 is 0.800 bits per heavy atom. The van der Waals surface area contributed by atoms with Crippen molar-refractivity contribution in [2.75, 3.05) is 0 Å². The summed E-state index contributed by atoms with van der Waals surface area (Å²) in [7, 11) is 20.2. The molecule has 0 aliphatic rings. The van der Waals surface area contributed by atoms with Crippen molar-refractivity contribution in [2.24, 2.45) is 0 Å². The van der Waals surface area contributed by atoms with Crippen molar-refractivity contribution in [3.05, 3.63) is 0 Å². The molecule has 0 aromatic heterocycles. The summed E-state index contributed by atoms with van der Waals surface area (Å²) in [6.45, 7) is 0. The molecule has 5 heteroatoms. The first-order chi connectivity index (χ1) is 2.00. The summed E-state index contributed by atoms with van der Waals surface area (Å²) >= 11 is -3.49. The second-order valence-corrected chi connectivity index (χ2v) is 41.5. The van der Waals surface area contributed by atoms with Gasteiger partial charge in [-0.2, -0.15) is 0 Å². The standard InChI is InChI=1S/4ClH.Pa/h4*1H;/q;;;;+4/p-4. The molecule has 0 heterocycles. The normalized spacial score (nSPS) is 12.0. The van der Waals surface area contributed by atoms with Crippen LogP contribution >= 0.6 is 29.6 Å². The summed E-state index contributed by atoms with van der Waals surface area (Å²) in [5.41, 5.74) is 0. The van der Waals surface area contributed by atoms with Gasteiger partial charge in [0.05, 0.1) is 0 Å². The molecular weight excluding hydrogens is 373 g/mol. The van der Waals surface area contributed by atoms with E-state index in [0.29, 0.717) is 0 Å². The van der Waals surface area contributed by atoms with Crippen LogP contribution in [0.3, 0.4) is 0 Å². The van der Waals surface area contributed by atoms with E-state index in [0.717, 1.165) is 0 Å². The van der Waals surface area contributed by atoms with Gasteiger partial charge in [0.1, 0.15) is 0 Å². The van der Waals surface area contributed by atoms with Gasteiger partial charge in [0.25, 0.3) is 0 Å². The third-order valence-electron chi connectivity index (χ3n) is 0. The number of hydrogen-bond acceptors (Lipinski definition) is 0. The number of halogens is 4. The minimum absolute atomic E-state index is 3.49. The predicted octanol–water partition coefficient (Wildman–Crippen LogP) is 2.76. The molecule has 0 spiro atoms. The summed E-state index contributed by atoms with van der Waals surface area (Å²) in [5.74, 6) is 0. The predicted molar refractivity (Wildman–Crippen MR) is 23.4 cm³/mol. The van der Waals surface area contributed by atoms with Gasteiger partial charge in [-0.05, 0) is 0 Å². The van der Waals surface area contributed by atoms with Crippen LogP contribution < -0.4 is 0 Å². The van der Waals surface area contributed by atoms with Crippen molar-refractivity contribution < 1.29 is 19.9 Å². The van der Waals surface area contributed by atoms with Crippen molar-refractivity contribution in [3.8, 4) is 0 Å². The zero-order chi connectivity index (χ0) is 4.50. The third kappa shape index (κ3) is 22.3. The topological polar surface area (TPSA) is 0 Å². The maximum absolute atomic E-state index is 5.06. The van der Waals surface area contributed by atoms with E-state index in [1.165, 1.54) is 0 Å². The van der Waals surface area contributed by atoms with Gasteiger partial charge in [0, 0.05) is 0 Å². The van der Waals surface area contributed by atoms with Crippen molar-refractivity contribution >= 4 is 29.6 Å².